The lowest BCUT2D eigenvalue weighted by atomic mass is 10.1. The fourth-order valence-corrected chi connectivity index (χ4v) is 3.36. The SMILES string of the molecule is CCc1c(C(=O)Nc2ccccc2SC)cnn1Cc1ccccc1. The molecule has 0 spiro atoms. The standard InChI is InChI=1S/C20H21N3OS/c1-3-18-16(13-21-23(18)14-15-9-5-4-6-10-15)20(24)22-17-11-7-8-12-19(17)25-2/h4-13H,3,14H2,1-2H3,(H,22,24). The van der Waals surface area contributed by atoms with E-state index in [0.717, 1.165) is 22.7 Å². The number of benzene rings is 2. The molecule has 5 heteroatoms. The van der Waals surface area contributed by atoms with Crippen molar-refractivity contribution in [1.82, 2.24) is 9.78 Å². The second kappa shape index (κ2) is 8.03. The van der Waals surface area contributed by atoms with Crippen molar-refractivity contribution in [3.05, 3.63) is 77.6 Å². The first-order valence-electron chi connectivity index (χ1n) is 8.26. The van der Waals surface area contributed by atoms with Crippen molar-refractivity contribution < 1.29 is 4.79 Å². The average Bonchev–Trinajstić information content (AvgIpc) is 3.05. The molecule has 1 N–H and O–H groups in total. The third-order valence-corrected chi connectivity index (χ3v) is 4.85. The van der Waals surface area contributed by atoms with Crippen molar-refractivity contribution in [3.63, 3.8) is 0 Å². The second-order valence-corrected chi connectivity index (χ2v) is 6.50. The smallest absolute Gasteiger partial charge is 0.259 e. The molecule has 1 heterocycles. The van der Waals surface area contributed by atoms with E-state index in [2.05, 4.69) is 22.5 Å². The summed E-state index contributed by atoms with van der Waals surface area (Å²) in [6.07, 6.45) is 4.42. The van der Waals surface area contributed by atoms with E-state index in [1.807, 2.05) is 60.3 Å². The number of carbonyl (C=O) groups is 1. The summed E-state index contributed by atoms with van der Waals surface area (Å²) in [7, 11) is 0. The van der Waals surface area contributed by atoms with Gasteiger partial charge in [0.2, 0.25) is 0 Å². The second-order valence-electron chi connectivity index (χ2n) is 5.66. The van der Waals surface area contributed by atoms with Crippen molar-refractivity contribution in [3.8, 4) is 0 Å². The van der Waals surface area contributed by atoms with Crippen LogP contribution in [0.4, 0.5) is 5.69 Å². The van der Waals surface area contributed by atoms with Crippen LogP contribution in [0.15, 0.2) is 65.7 Å². The Labute approximate surface area is 152 Å². The number of anilines is 1. The van der Waals surface area contributed by atoms with E-state index in [1.165, 1.54) is 5.56 Å². The number of carbonyl (C=O) groups excluding carboxylic acids is 1. The highest BCUT2D eigenvalue weighted by Crippen LogP contribution is 2.25. The molecular formula is C20H21N3OS. The molecular weight excluding hydrogens is 330 g/mol. The van der Waals surface area contributed by atoms with E-state index in [1.54, 1.807) is 18.0 Å². The maximum Gasteiger partial charge on any atom is 0.259 e. The lowest BCUT2D eigenvalue weighted by Crippen LogP contribution is -2.15. The van der Waals surface area contributed by atoms with Crippen molar-refractivity contribution >= 4 is 23.4 Å². The van der Waals surface area contributed by atoms with Crippen LogP contribution in [0.2, 0.25) is 0 Å². The predicted octanol–water partition coefficient (Wildman–Crippen LogP) is 4.47. The molecule has 128 valence electrons. The first-order chi connectivity index (χ1) is 12.2. The molecule has 0 saturated carbocycles. The van der Waals surface area contributed by atoms with E-state index in [4.69, 9.17) is 0 Å². The summed E-state index contributed by atoms with van der Waals surface area (Å²) in [5.74, 6) is -0.113. The van der Waals surface area contributed by atoms with Gasteiger partial charge in [0.05, 0.1) is 29.7 Å². The van der Waals surface area contributed by atoms with Crippen molar-refractivity contribution in [1.29, 1.82) is 0 Å². The molecule has 0 atom stereocenters. The average molecular weight is 351 g/mol. The van der Waals surface area contributed by atoms with Crippen LogP contribution < -0.4 is 5.32 Å². The van der Waals surface area contributed by atoms with Gasteiger partial charge >= 0.3 is 0 Å². The van der Waals surface area contributed by atoms with Gasteiger partial charge in [0, 0.05) is 4.90 Å². The van der Waals surface area contributed by atoms with Crippen molar-refractivity contribution in [2.24, 2.45) is 0 Å². The lowest BCUT2D eigenvalue weighted by Gasteiger charge is -2.10. The fourth-order valence-electron chi connectivity index (χ4n) is 2.80. The Morgan fingerprint density at radius 2 is 1.84 bits per heavy atom. The molecule has 0 aliphatic heterocycles. The summed E-state index contributed by atoms with van der Waals surface area (Å²) < 4.78 is 1.91. The summed E-state index contributed by atoms with van der Waals surface area (Å²) in [6.45, 7) is 2.71. The van der Waals surface area contributed by atoms with Crippen LogP contribution in [-0.4, -0.2) is 21.9 Å². The molecule has 0 unspecified atom stereocenters. The van der Waals surface area contributed by atoms with Gasteiger partial charge in [0.1, 0.15) is 0 Å². The van der Waals surface area contributed by atoms with Crippen LogP contribution in [-0.2, 0) is 13.0 Å². The van der Waals surface area contributed by atoms with Crippen LogP contribution in [0.25, 0.3) is 0 Å². The van der Waals surface area contributed by atoms with Gasteiger partial charge in [0.15, 0.2) is 0 Å². The Morgan fingerprint density at radius 3 is 2.56 bits per heavy atom. The number of hydrogen-bond donors (Lipinski definition) is 1. The zero-order valence-corrected chi connectivity index (χ0v) is 15.2. The van der Waals surface area contributed by atoms with Crippen LogP contribution in [0, 0.1) is 0 Å². The summed E-state index contributed by atoms with van der Waals surface area (Å²) in [5, 5.41) is 7.45. The molecule has 0 fully saturated rings. The van der Waals surface area contributed by atoms with Gasteiger partial charge in [0.25, 0.3) is 5.91 Å². The fraction of sp³-hybridized carbons (Fsp3) is 0.200. The quantitative estimate of drug-likeness (QED) is 0.667. The molecule has 4 nitrogen and oxygen atoms in total. The summed E-state index contributed by atoms with van der Waals surface area (Å²) in [5.41, 5.74) is 3.58. The van der Waals surface area contributed by atoms with Crippen LogP contribution in [0.1, 0.15) is 28.5 Å². The number of aromatic nitrogens is 2. The molecule has 0 saturated heterocycles. The summed E-state index contributed by atoms with van der Waals surface area (Å²) in [6, 6.07) is 18.0. The number of nitrogens with zero attached hydrogens (tertiary/aromatic N) is 2. The topological polar surface area (TPSA) is 46.9 Å². The molecule has 3 aromatic rings. The van der Waals surface area contributed by atoms with Crippen LogP contribution >= 0.6 is 11.8 Å². The first-order valence-corrected chi connectivity index (χ1v) is 9.48. The third-order valence-electron chi connectivity index (χ3n) is 4.06. The molecule has 0 bridgehead atoms. The Kier molecular flexibility index (Phi) is 5.56. The Balaban J connectivity index is 1.83. The van der Waals surface area contributed by atoms with E-state index >= 15 is 0 Å². The summed E-state index contributed by atoms with van der Waals surface area (Å²) in [4.78, 5) is 13.8. The zero-order valence-electron chi connectivity index (χ0n) is 14.4. The van der Waals surface area contributed by atoms with Crippen LogP contribution in [0.3, 0.4) is 0 Å². The van der Waals surface area contributed by atoms with Gasteiger partial charge in [-0.3, -0.25) is 9.48 Å². The lowest BCUT2D eigenvalue weighted by molar-refractivity contribution is 0.102. The Morgan fingerprint density at radius 1 is 1.12 bits per heavy atom. The number of para-hydroxylation sites is 1. The highest BCUT2D eigenvalue weighted by atomic mass is 32.2. The molecule has 2 aromatic carbocycles. The summed E-state index contributed by atoms with van der Waals surface area (Å²) >= 11 is 1.61. The van der Waals surface area contributed by atoms with E-state index < -0.39 is 0 Å². The number of thioether (sulfide) groups is 1. The van der Waals surface area contributed by atoms with Gasteiger partial charge in [-0.1, -0.05) is 49.4 Å². The predicted molar refractivity (Wildman–Crippen MR) is 103 cm³/mol. The number of hydrogen-bond acceptors (Lipinski definition) is 3. The van der Waals surface area contributed by atoms with Gasteiger partial charge in [-0.15, -0.1) is 11.8 Å². The van der Waals surface area contributed by atoms with Gasteiger partial charge in [-0.25, -0.2) is 0 Å². The Bertz CT molecular complexity index is 858. The molecule has 1 amide bonds. The number of nitrogens with one attached hydrogen (secondary N) is 1. The molecule has 0 aliphatic rings. The number of rotatable bonds is 6. The van der Waals surface area contributed by atoms with E-state index in [9.17, 15) is 4.79 Å². The molecule has 0 aliphatic carbocycles. The van der Waals surface area contributed by atoms with Gasteiger partial charge < -0.3 is 5.32 Å². The van der Waals surface area contributed by atoms with Crippen molar-refractivity contribution in [2.75, 3.05) is 11.6 Å². The molecule has 0 radical (unpaired) electrons. The van der Waals surface area contributed by atoms with Gasteiger partial charge in [-0.05, 0) is 30.4 Å². The minimum atomic E-state index is -0.113. The minimum Gasteiger partial charge on any atom is -0.321 e. The van der Waals surface area contributed by atoms with E-state index in [0.29, 0.717) is 12.1 Å². The van der Waals surface area contributed by atoms with Crippen LogP contribution in [0.5, 0.6) is 0 Å². The maximum atomic E-state index is 12.8. The third kappa shape index (κ3) is 3.94. The highest BCUT2D eigenvalue weighted by molar-refractivity contribution is 7.98. The van der Waals surface area contributed by atoms with Gasteiger partial charge in [-0.2, -0.15) is 5.10 Å². The first kappa shape index (κ1) is 17.3. The minimum absolute atomic E-state index is 0.113. The monoisotopic (exact) mass is 351 g/mol. The zero-order chi connectivity index (χ0) is 17.6. The normalized spacial score (nSPS) is 10.6. The van der Waals surface area contributed by atoms with Crippen molar-refractivity contribution in [2.45, 2.75) is 24.8 Å². The Hall–Kier alpha value is -2.53. The molecule has 1 aromatic heterocycles. The van der Waals surface area contributed by atoms with E-state index in [-0.39, 0.29) is 5.91 Å². The largest absolute Gasteiger partial charge is 0.321 e. The molecule has 3 rings (SSSR count). The highest BCUT2D eigenvalue weighted by Gasteiger charge is 2.17. The molecule has 25 heavy (non-hydrogen) atoms. The maximum absolute atomic E-state index is 12.8. The number of amides is 1.